The average molecular weight is 310 g/mol. The van der Waals surface area contributed by atoms with Crippen LogP contribution >= 0.6 is 15.9 Å². The third-order valence-corrected chi connectivity index (χ3v) is 2.83. The minimum absolute atomic E-state index is 0.208. The Labute approximate surface area is 113 Å². The monoisotopic (exact) mass is 309 g/mol. The minimum Gasteiger partial charge on any atom is -0.444 e. The molecule has 0 saturated carbocycles. The first-order valence-electron chi connectivity index (χ1n) is 5.46. The Morgan fingerprint density at radius 3 is 2.94 bits per heavy atom. The highest BCUT2D eigenvalue weighted by Gasteiger charge is 2.14. The van der Waals surface area contributed by atoms with Gasteiger partial charge in [0.15, 0.2) is 10.4 Å². The lowest BCUT2D eigenvalue weighted by Crippen LogP contribution is -2.25. The molecule has 2 rings (SSSR count). The number of nitrogens with zero attached hydrogens (tertiary/aromatic N) is 2. The molecule has 5 nitrogen and oxygen atoms in total. The summed E-state index contributed by atoms with van der Waals surface area (Å²) in [7, 11) is 0. The summed E-state index contributed by atoms with van der Waals surface area (Å²) in [5.41, 5.74) is 1.84. The number of amides is 1. The van der Waals surface area contributed by atoms with Gasteiger partial charge in [-0.1, -0.05) is 0 Å². The highest BCUT2D eigenvalue weighted by molar-refractivity contribution is 9.10. The highest BCUT2D eigenvalue weighted by atomic mass is 79.9. The molecular weight excluding hydrogens is 298 g/mol. The van der Waals surface area contributed by atoms with Crippen LogP contribution < -0.4 is 5.32 Å². The van der Waals surface area contributed by atoms with E-state index in [4.69, 9.17) is 4.42 Å². The summed E-state index contributed by atoms with van der Waals surface area (Å²) < 4.78 is 5.82. The molecule has 0 atom stereocenters. The Morgan fingerprint density at radius 1 is 1.50 bits per heavy atom. The molecule has 0 saturated heterocycles. The number of aryl methyl sites for hydroxylation is 1. The maximum absolute atomic E-state index is 11.8. The molecule has 2 heterocycles. The second-order valence-corrected chi connectivity index (χ2v) is 4.60. The van der Waals surface area contributed by atoms with Crippen LogP contribution in [0.4, 0.5) is 0 Å². The third kappa shape index (κ3) is 3.16. The van der Waals surface area contributed by atoms with Crippen LogP contribution in [0.1, 0.15) is 21.7 Å². The van der Waals surface area contributed by atoms with E-state index in [9.17, 15) is 4.79 Å². The summed E-state index contributed by atoms with van der Waals surface area (Å²) in [5.74, 6) is 0.134. The lowest BCUT2D eigenvalue weighted by molar-refractivity contribution is 0.0924. The second-order valence-electron chi connectivity index (χ2n) is 3.82. The summed E-state index contributed by atoms with van der Waals surface area (Å²) in [5, 5.41) is 10.3. The quantitative estimate of drug-likeness (QED) is 0.939. The van der Waals surface area contributed by atoms with Gasteiger partial charge in [-0.25, -0.2) is 0 Å². The van der Waals surface area contributed by atoms with Crippen molar-refractivity contribution in [3.63, 3.8) is 0 Å². The number of furan rings is 1. The van der Waals surface area contributed by atoms with Crippen molar-refractivity contribution in [1.82, 2.24) is 15.5 Å². The lowest BCUT2D eigenvalue weighted by Gasteiger charge is -2.03. The van der Waals surface area contributed by atoms with Gasteiger partial charge in [-0.15, -0.1) is 0 Å². The average Bonchev–Trinajstić information content (AvgIpc) is 2.70. The van der Waals surface area contributed by atoms with Crippen LogP contribution in [0.2, 0.25) is 0 Å². The number of halogens is 1. The molecule has 2 aromatic rings. The molecule has 1 amide bonds. The minimum atomic E-state index is -0.208. The summed E-state index contributed by atoms with van der Waals surface area (Å²) in [6.07, 6.45) is 4.02. The molecule has 0 aliphatic carbocycles. The number of hydrogen-bond acceptors (Lipinski definition) is 4. The summed E-state index contributed by atoms with van der Waals surface area (Å²) in [4.78, 5) is 11.8. The molecule has 0 spiro atoms. The zero-order chi connectivity index (χ0) is 13.0. The molecule has 0 radical (unpaired) electrons. The highest BCUT2D eigenvalue weighted by Crippen LogP contribution is 2.19. The van der Waals surface area contributed by atoms with E-state index in [1.807, 2.05) is 13.0 Å². The fraction of sp³-hybridized carbons (Fsp3) is 0.250. The van der Waals surface area contributed by atoms with Gasteiger partial charge in [-0.3, -0.25) is 4.79 Å². The zero-order valence-electron chi connectivity index (χ0n) is 9.81. The molecule has 94 valence electrons. The Hall–Kier alpha value is -1.69. The van der Waals surface area contributed by atoms with Crippen LogP contribution in [-0.2, 0) is 6.42 Å². The van der Waals surface area contributed by atoms with Crippen molar-refractivity contribution in [2.24, 2.45) is 0 Å². The van der Waals surface area contributed by atoms with Crippen molar-refractivity contribution in [1.29, 1.82) is 0 Å². The maximum Gasteiger partial charge on any atom is 0.287 e. The van der Waals surface area contributed by atoms with Gasteiger partial charge in [0.25, 0.3) is 5.91 Å². The topological polar surface area (TPSA) is 68.0 Å². The van der Waals surface area contributed by atoms with E-state index in [1.54, 1.807) is 18.5 Å². The van der Waals surface area contributed by atoms with Crippen molar-refractivity contribution in [3.8, 4) is 0 Å². The Kier molecular flexibility index (Phi) is 4.09. The van der Waals surface area contributed by atoms with Crippen molar-refractivity contribution >= 4 is 21.8 Å². The maximum atomic E-state index is 11.8. The van der Waals surface area contributed by atoms with Gasteiger partial charge in [-0.2, -0.15) is 10.2 Å². The fourth-order valence-corrected chi connectivity index (χ4v) is 2.04. The molecule has 0 bridgehead atoms. The van der Waals surface area contributed by atoms with Crippen LogP contribution in [0.3, 0.4) is 0 Å². The summed E-state index contributed by atoms with van der Waals surface area (Å²) in [6.45, 7) is 2.36. The van der Waals surface area contributed by atoms with Gasteiger partial charge in [0.05, 0.1) is 6.20 Å². The number of hydrogen-bond donors (Lipinski definition) is 1. The van der Waals surface area contributed by atoms with Crippen LogP contribution in [-0.4, -0.2) is 22.6 Å². The number of carbonyl (C=O) groups excluding carboxylic acids is 1. The van der Waals surface area contributed by atoms with Crippen LogP contribution in [0.5, 0.6) is 0 Å². The van der Waals surface area contributed by atoms with Crippen molar-refractivity contribution in [2.75, 3.05) is 6.54 Å². The van der Waals surface area contributed by atoms with Crippen LogP contribution in [0, 0.1) is 6.92 Å². The van der Waals surface area contributed by atoms with Gasteiger partial charge in [0.1, 0.15) is 0 Å². The predicted molar refractivity (Wildman–Crippen MR) is 69.2 cm³/mol. The van der Waals surface area contributed by atoms with E-state index in [-0.39, 0.29) is 5.91 Å². The van der Waals surface area contributed by atoms with Gasteiger partial charge in [-0.05, 0) is 47.0 Å². The molecule has 0 unspecified atom stereocenters. The third-order valence-electron chi connectivity index (χ3n) is 2.44. The molecule has 0 fully saturated rings. The summed E-state index contributed by atoms with van der Waals surface area (Å²) in [6, 6.07) is 3.63. The largest absolute Gasteiger partial charge is 0.444 e. The van der Waals surface area contributed by atoms with Crippen LogP contribution in [0.25, 0.3) is 0 Å². The van der Waals surface area contributed by atoms with Gasteiger partial charge >= 0.3 is 0 Å². The van der Waals surface area contributed by atoms with Crippen molar-refractivity contribution < 1.29 is 9.21 Å². The van der Waals surface area contributed by atoms with Crippen molar-refractivity contribution in [2.45, 2.75) is 13.3 Å². The van der Waals surface area contributed by atoms with E-state index in [2.05, 4.69) is 31.4 Å². The number of nitrogens with one attached hydrogen (secondary N) is 1. The number of aromatic nitrogens is 2. The van der Waals surface area contributed by atoms with Gasteiger partial charge in [0, 0.05) is 18.3 Å². The summed E-state index contributed by atoms with van der Waals surface area (Å²) >= 11 is 3.19. The van der Waals surface area contributed by atoms with E-state index in [1.165, 1.54) is 0 Å². The first-order chi connectivity index (χ1) is 8.66. The van der Waals surface area contributed by atoms with Crippen molar-refractivity contribution in [3.05, 3.63) is 46.1 Å². The van der Waals surface area contributed by atoms with Gasteiger partial charge < -0.3 is 9.73 Å². The predicted octanol–water partition coefficient (Wildman–Crippen LogP) is 2.11. The molecule has 1 N–H and O–H groups in total. The molecular formula is C12H12BrN3O2. The zero-order valence-corrected chi connectivity index (χ0v) is 11.4. The number of rotatable bonds is 4. The van der Waals surface area contributed by atoms with Gasteiger partial charge in [0.2, 0.25) is 0 Å². The van der Waals surface area contributed by atoms with E-state index < -0.39 is 0 Å². The first kappa shape index (κ1) is 12.8. The number of carbonyl (C=O) groups is 1. The Balaban J connectivity index is 1.87. The molecule has 0 aromatic carbocycles. The Bertz CT molecular complexity index is 540. The molecule has 0 aliphatic heterocycles. The van der Waals surface area contributed by atoms with Crippen LogP contribution in [0.15, 0.2) is 33.6 Å². The fourth-order valence-electron chi connectivity index (χ4n) is 1.54. The van der Waals surface area contributed by atoms with E-state index in [0.29, 0.717) is 23.4 Å². The molecule has 6 heteroatoms. The SMILES string of the molecule is Cc1cc(Br)oc1C(=O)NCCc1ccnnc1. The van der Waals surface area contributed by atoms with E-state index >= 15 is 0 Å². The first-order valence-corrected chi connectivity index (χ1v) is 6.26. The smallest absolute Gasteiger partial charge is 0.287 e. The lowest BCUT2D eigenvalue weighted by atomic mass is 10.2. The van der Waals surface area contributed by atoms with E-state index in [0.717, 1.165) is 11.1 Å². The molecule has 18 heavy (non-hydrogen) atoms. The normalized spacial score (nSPS) is 10.3. The molecule has 2 aromatic heterocycles. The Morgan fingerprint density at radius 2 is 2.33 bits per heavy atom. The standard InChI is InChI=1S/C12H12BrN3O2/c1-8-6-10(13)18-11(8)12(17)14-4-2-9-3-5-15-16-7-9/h3,5-7H,2,4H2,1H3,(H,14,17). The second kappa shape index (κ2) is 5.77. The molecule has 0 aliphatic rings.